The monoisotopic (exact) mass is 190 g/mol. The molecule has 0 amide bonds. The van der Waals surface area contributed by atoms with Crippen LogP contribution in [0.4, 0.5) is 5.69 Å². The van der Waals surface area contributed by atoms with E-state index in [4.69, 9.17) is 16.6 Å². The largest absolute Gasteiger partial charge is 0.478 e. The van der Waals surface area contributed by atoms with Crippen LogP contribution in [0, 0.1) is 11.8 Å². The van der Waals surface area contributed by atoms with E-state index in [-0.39, 0.29) is 12.1 Å². The van der Waals surface area contributed by atoms with E-state index in [1.54, 1.807) is 12.1 Å². The van der Waals surface area contributed by atoms with Crippen LogP contribution in [0.3, 0.4) is 0 Å². The zero-order valence-electron chi connectivity index (χ0n) is 7.45. The lowest BCUT2D eigenvalue weighted by Crippen LogP contribution is -2.02. The van der Waals surface area contributed by atoms with Crippen molar-refractivity contribution in [1.82, 2.24) is 0 Å². The van der Waals surface area contributed by atoms with E-state index in [2.05, 4.69) is 11.8 Å². The molecule has 0 saturated heterocycles. The molecule has 0 aliphatic heterocycles. The number of carboxylic acids is 1. The summed E-state index contributed by atoms with van der Waals surface area (Å²) in [6.45, 7) is 0.198. The molecule has 0 atom stereocenters. The average Bonchev–Trinajstić information content (AvgIpc) is 2.15. The molecule has 0 unspecified atom stereocenters. The van der Waals surface area contributed by atoms with E-state index in [9.17, 15) is 4.79 Å². The molecule has 0 aliphatic carbocycles. The summed E-state index contributed by atoms with van der Waals surface area (Å²) in [7, 11) is 0. The quantitative estimate of drug-likeness (QED) is 0.438. The van der Waals surface area contributed by atoms with Crippen LogP contribution in [-0.4, -0.2) is 17.6 Å². The summed E-state index contributed by atoms with van der Waals surface area (Å²) < 4.78 is 0. The first-order chi connectivity index (χ1) is 6.65. The van der Waals surface area contributed by atoms with Crippen LogP contribution < -0.4 is 11.5 Å². The van der Waals surface area contributed by atoms with Crippen LogP contribution in [-0.2, 0) is 0 Å². The molecular weight excluding hydrogens is 180 g/mol. The van der Waals surface area contributed by atoms with Gasteiger partial charge >= 0.3 is 5.97 Å². The van der Waals surface area contributed by atoms with E-state index in [0.717, 1.165) is 0 Å². The number of hydrogen-bond acceptors (Lipinski definition) is 3. The van der Waals surface area contributed by atoms with Crippen molar-refractivity contribution in [1.29, 1.82) is 0 Å². The summed E-state index contributed by atoms with van der Waals surface area (Å²) >= 11 is 0. The summed E-state index contributed by atoms with van der Waals surface area (Å²) in [6, 6.07) is 4.55. The molecule has 4 nitrogen and oxygen atoms in total. The van der Waals surface area contributed by atoms with Crippen LogP contribution in [0.2, 0.25) is 0 Å². The van der Waals surface area contributed by atoms with E-state index < -0.39 is 5.97 Å². The number of rotatable bonds is 1. The Labute approximate surface area is 81.5 Å². The summed E-state index contributed by atoms with van der Waals surface area (Å²) in [5.74, 6) is 4.22. The molecule has 4 heteroatoms. The Morgan fingerprint density at radius 3 is 2.79 bits per heavy atom. The number of carboxylic acid groups (broad SMARTS) is 1. The first-order valence-electron chi connectivity index (χ1n) is 3.97. The highest BCUT2D eigenvalue weighted by Gasteiger charge is 2.07. The van der Waals surface area contributed by atoms with Crippen molar-refractivity contribution in [3.8, 4) is 11.8 Å². The Balaban J connectivity index is 3.22. The molecule has 5 N–H and O–H groups in total. The van der Waals surface area contributed by atoms with Crippen LogP contribution in [0.1, 0.15) is 15.9 Å². The Hall–Kier alpha value is -1.99. The van der Waals surface area contributed by atoms with Crippen molar-refractivity contribution in [3.63, 3.8) is 0 Å². The number of anilines is 1. The van der Waals surface area contributed by atoms with Gasteiger partial charge in [0.1, 0.15) is 0 Å². The van der Waals surface area contributed by atoms with Gasteiger partial charge in [-0.05, 0) is 18.2 Å². The summed E-state index contributed by atoms with van der Waals surface area (Å²) in [6.07, 6.45) is 0. The van der Waals surface area contributed by atoms with Crippen molar-refractivity contribution in [3.05, 3.63) is 29.3 Å². The Kier molecular flexibility index (Phi) is 3.10. The van der Waals surface area contributed by atoms with Crippen molar-refractivity contribution in [2.24, 2.45) is 5.73 Å². The number of nitrogen functional groups attached to an aromatic ring is 1. The molecular formula is C10H10N2O2. The molecule has 0 heterocycles. The zero-order chi connectivity index (χ0) is 10.6. The number of aromatic carboxylic acids is 1. The fraction of sp³-hybridized carbons (Fsp3) is 0.100. The molecule has 0 aliphatic rings. The van der Waals surface area contributed by atoms with Gasteiger partial charge in [0, 0.05) is 11.3 Å². The van der Waals surface area contributed by atoms with Crippen molar-refractivity contribution >= 4 is 11.7 Å². The van der Waals surface area contributed by atoms with Crippen molar-refractivity contribution in [2.75, 3.05) is 12.3 Å². The fourth-order valence-corrected chi connectivity index (χ4v) is 0.994. The molecule has 0 fully saturated rings. The molecule has 1 aromatic carbocycles. The van der Waals surface area contributed by atoms with Gasteiger partial charge in [-0.1, -0.05) is 11.8 Å². The molecule has 0 spiro atoms. The van der Waals surface area contributed by atoms with Crippen molar-refractivity contribution < 1.29 is 9.90 Å². The van der Waals surface area contributed by atoms with Gasteiger partial charge < -0.3 is 16.6 Å². The van der Waals surface area contributed by atoms with Gasteiger partial charge in [0.25, 0.3) is 0 Å². The Morgan fingerprint density at radius 2 is 2.21 bits per heavy atom. The third-order valence-electron chi connectivity index (χ3n) is 1.60. The predicted molar refractivity (Wildman–Crippen MR) is 53.7 cm³/mol. The van der Waals surface area contributed by atoms with Crippen LogP contribution in [0.5, 0.6) is 0 Å². The number of benzene rings is 1. The molecule has 1 rings (SSSR count). The van der Waals surface area contributed by atoms with Gasteiger partial charge in [-0.3, -0.25) is 0 Å². The van der Waals surface area contributed by atoms with Gasteiger partial charge in [0.15, 0.2) is 0 Å². The van der Waals surface area contributed by atoms with Crippen LogP contribution in [0.25, 0.3) is 0 Å². The van der Waals surface area contributed by atoms with Crippen molar-refractivity contribution in [2.45, 2.75) is 0 Å². The smallest absolute Gasteiger partial charge is 0.337 e. The van der Waals surface area contributed by atoms with Crippen LogP contribution >= 0.6 is 0 Å². The number of carbonyl (C=O) groups is 1. The molecule has 0 saturated carbocycles. The van der Waals surface area contributed by atoms with Crippen LogP contribution in [0.15, 0.2) is 18.2 Å². The SMILES string of the molecule is NCC#Cc1ccc(N)cc1C(=O)O. The second-order valence-corrected chi connectivity index (χ2v) is 2.62. The highest BCUT2D eigenvalue weighted by molar-refractivity contribution is 5.91. The molecule has 72 valence electrons. The summed E-state index contributed by atoms with van der Waals surface area (Å²) in [5, 5.41) is 8.83. The Morgan fingerprint density at radius 1 is 1.50 bits per heavy atom. The predicted octanol–water partition coefficient (Wildman–Crippen LogP) is 0.277. The third-order valence-corrected chi connectivity index (χ3v) is 1.60. The highest BCUT2D eigenvalue weighted by atomic mass is 16.4. The topological polar surface area (TPSA) is 89.3 Å². The number of nitrogens with two attached hydrogens (primary N) is 2. The lowest BCUT2D eigenvalue weighted by molar-refractivity contribution is 0.0696. The average molecular weight is 190 g/mol. The molecule has 14 heavy (non-hydrogen) atoms. The van der Waals surface area contributed by atoms with Gasteiger partial charge in [0.05, 0.1) is 12.1 Å². The van der Waals surface area contributed by atoms with Gasteiger partial charge in [0.2, 0.25) is 0 Å². The lowest BCUT2D eigenvalue weighted by Gasteiger charge is -2.00. The van der Waals surface area contributed by atoms with E-state index in [1.165, 1.54) is 6.07 Å². The first kappa shape index (κ1) is 10.1. The number of hydrogen-bond donors (Lipinski definition) is 3. The minimum absolute atomic E-state index is 0.103. The maximum absolute atomic E-state index is 10.8. The maximum Gasteiger partial charge on any atom is 0.337 e. The second-order valence-electron chi connectivity index (χ2n) is 2.62. The zero-order valence-corrected chi connectivity index (χ0v) is 7.45. The minimum Gasteiger partial charge on any atom is -0.478 e. The molecule has 1 aromatic rings. The van der Waals surface area contributed by atoms with E-state index in [0.29, 0.717) is 11.3 Å². The minimum atomic E-state index is -1.04. The molecule has 0 aromatic heterocycles. The third kappa shape index (κ3) is 2.25. The molecule has 0 radical (unpaired) electrons. The maximum atomic E-state index is 10.8. The highest BCUT2D eigenvalue weighted by Crippen LogP contribution is 2.12. The standard InChI is InChI=1S/C10H10N2O2/c11-5-1-2-7-3-4-8(12)6-9(7)10(13)14/h3-4,6H,5,11-12H2,(H,13,14). The van der Waals surface area contributed by atoms with Gasteiger partial charge in [-0.15, -0.1) is 0 Å². The molecule has 0 bridgehead atoms. The summed E-state index contributed by atoms with van der Waals surface area (Å²) in [4.78, 5) is 10.8. The normalized spacial score (nSPS) is 8.93. The lowest BCUT2D eigenvalue weighted by atomic mass is 10.1. The van der Waals surface area contributed by atoms with Gasteiger partial charge in [-0.2, -0.15) is 0 Å². The van der Waals surface area contributed by atoms with Gasteiger partial charge in [-0.25, -0.2) is 4.79 Å². The van der Waals surface area contributed by atoms with E-state index in [1.807, 2.05) is 0 Å². The van der Waals surface area contributed by atoms with E-state index >= 15 is 0 Å². The first-order valence-corrected chi connectivity index (χ1v) is 3.97. The fourth-order valence-electron chi connectivity index (χ4n) is 0.994. The summed E-state index contributed by atoms with van der Waals surface area (Å²) in [5.41, 5.74) is 11.6. The Bertz CT molecular complexity index is 416. The second kappa shape index (κ2) is 4.30.